The summed E-state index contributed by atoms with van der Waals surface area (Å²) < 4.78 is 0. The molecule has 0 aliphatic carbocycles. The lowest BCUT2D eigenvalue weighted by Crippen LogP contribution is -2.41. The molecule has 0 radical (unpaired) electrons. The van der Waals surface area contributed by atoms with Gasteiger partial charge in [-0.25, -0.2) is 0 Å². The minimum Gasteiger partial charge on any atom is -0.309 e. The molecule has 1 aromatic carbocycles. The molecule has 1 aromatic rings. The van der Waals surface area contributed by atoms with E-state index >= 15 is 0 Å². The van der Waals surface area contributed by atoms with E-state index in [0.29, 0.717) is 12.1 Å². The molecule has 1 N–H and O–H groups in total. The lowest BCUT2D eigenvalue weighted by atomic mass is 9.98. The molecular formula is C18H32N2. The zero-order chi connectivity index (χ0) is 15.0. The van der Waals surface area contributed by atoms with Gasteiger partial charge in [0.1, 0.15) is 0 Å². The van der Waals surface area contributed by atoms with Gasteiger partial charge in [-0.2, -0.15) is 0 Å². The van der Waals surface area contributed by atoms with Crippen molar-refractivity contribution in [2.24, 2.45) is 5.92 Å². The van der Waals surface area contributed by atoms with Crippen LogP contribution in [0.3, 0.4) is 0 Å². The first kappa shape index (κ1) is 17.2. The van der Waals surface area contributed by atoms with Gasteiger partial charge in [-0.15, -0.1) is 0 Å². The molecule has 2 nitrogen and oxygen atoms in total. The van der Waals surface area contributed by atoms with E-state index in [4.69, 9.17) is 0 Å². The van der Waals surface area contributed by atoms with Crippen molar-refractivity contribution >= 4 is 0 Å². The van der Waals surface area contributed by atoms with Crippen molar-refractivity contribution in [1.82, 2.24) is 10.2 Å². The highest BCUT2D eigenvalue weighted by molar-refractivity contribution is 5.20. The highest BCUT2D eigenvalue weighted by Gasteiger charge is 2.21. The first-order valence-corrected chi connectivity index (χ1v) is 8.04. The summed E-state index contributed by atoms with van der Waals surface area (Å²) in [4.78, 5) is 2.49. The molecule has 1 rings (SSSR count). The van der Waals surface area contributed by atoms with Crippen LogP contribution in [0.4, 0.5) is 0 Å². The van der Waals surface area contributed by atoms with Crippen LogP contribution >= 0.6 is 0 Å². The fourth-order valence-corrected chi connectivity index (χ4v) is 2.45. The van der Waals surface area contributed by atoms with Gasteiger partial charge in [0.05, 0.1) is 0 Å². The first-order valence-electron chi connectivity index (χ1n) is 8.04. The van der Waals surface area contributed by atoms with E-state index in [2.05, 4.69) is 75.3 Å². The Balaban J connectivity index is 2.71. The average Bonchev–Trinajstić information content (AvgIpc) is 2.46. The number of nitrogens with zero attached hydrogens (tertiary/aromatic N) is 1. The zero-order valence-electron chi connectivity index (χ0n) is 13.9. The first-order chi connectivity index (χ1) is 9.56. The molecule has 0 saturated heterocycles. The summed E-state index contributed by atoms with van der Waals surface area (Å²) in [5, 5.41) is 3.71. The number of likely N-dealkylation sites (N-methyl/N-ethyl adjacent to an activating group) is 1. The van der Waals surface area contributed by atoms with Gasteiger partial charge in [-0.05, 0) is 51.4 Å². The van der Waals surface area contributed by atoms with Crippen molar-refractivity contribution < 1.29 is 0 Å². The molecule has 0 aromatic heterocycles. The monoisotopic (exact) mass is 276 g/mol. The van der Waals surface area contributed by atoms with Crippen molar-refractivity contribution in [3.05, 3.63) is 35.9 Å². The Kier molecular flexibility index (Phi) is 7.86. The fraction of sp³-hybridized carbons (Fsp3) is 0.667. The molecule has 2 heteroatoms. The predicted molar refractivity (Wildman–Crippen MR) is 89.0 cm³/mol. The second kappa shape index (κ2) is 9.15. The predicted octanol–water partition coefficient (Wildman–Crippen LogP) is 4.09. The maximum atomic E-state index is 3.71. The van der Waals surface area contributed by atoms with E-state index in [1.165, 1.54) is 18.4 Å². The molecule has 0 spiro atoms. The molecule has 0 saturated carbocycles. The SMILES string of the molecule is CCCNC(c1ccccc1)C(C)N(C)CCC(C)C. The maximum Gasteiger partial charge on any atom is 0.0475 e. The Morgan fingerprint density at radius 3 is 2.30 bits per heavy atom. The molecule has 2 atom stereocenters. The summed E-state index contributed by atoms with van der Waals surface area (Å²) in [7, 11) is 2.25. The van der Waals surface area contributed by atoms with Crippen LogP contribution in [0.5, 0.6) is 0 Å². The van der Waals surface area contributed by atoms with Crippen molar-refractivity contribution in [2.45, 2.75) is 52.6 Å². The Labute approximate surface area is 125 Å². The third-order valence-corrected chi connectivity index (χ3v) is 4.01. The Morgan fingerprint density at radius 1 is 1.10 bits per heavy atom. The second-order valence-electron chi connectivity index (χ2n) is 6.25. The van der Waals surface area contributed by atoms with Crippen molar-refractivity contribution in [1.29, 1.82) is 0 Å². The largest absolute Gasteiger partial charge is 0.309 e. The van der Waals surface area contributed by atoms with Gasteiger partial charge < -0.3 is 10.2 Å². The fourth-order valence-electron chi connectivity index (χ4n) is 2.45. The molecule has 0 heterocycles. The summed E-state index contributed by atoms with van der Waals surface area (Å²) in [5.74, 6) is 0.767. The minimum absolute atomic E-state index is 0.410. The molecule has 0 aliphatic heterocycles. The van der Waals surface area contributed by atoms with Crippen LogP contribution in [0.1, 0.15) is 52.1 Å². The van der Waals surface area contributed by atoms with Crippen LogP contribution in [0.25, 0.3) is 0 Å². The lowest BCUT2D eigenvalue weighted by molar-refractivity contribution is 0.197. The van der Waals surface area contributed by atoms with Crippen LogP contribution in [0.2, 0.25) is 0 Å². The summed E-state index contributed by atoms with van der Waals surface area (Å²) in [6.07, 6.45) is 2.43. The highest BCUT2D eigenvalue weighted by Crippen LogP contribution is 2.21. The molecule has 0 amide bonds. The minimum atomic E-state index is 0.410. The van der Waals surface area contributed by atoms with Crippen LogP contribution in [0.15, 0.2) is 30.3 Å². The van der Waals surface area contributed by atoms with Gasteiger partial charge in [0.25, 0.3) is 0 Å². The summed E-state index contributed by atoms with van der Waals surface area (Å²) in [6.45, 7) is 11.4. The molecule has 0 aliphatic rings. The zero-order valence-corrected chi connectivity index (χ0v) is 13.9. The van der Waals surface area contributed by atoms with Gasteiger partial charge in [0.15, 0.2) is 0 Å². The molecular weight excluding hydrogens is 244 g/mol. The quantitative estimate of drug-likeness (QED) is 0.730. The van der Waals surface area contributed by atoms with Crippen molar-refractivity contribution in [3.8, 4) is 0 Å². The second-order valence-corrected chi connectivity index (χ2v) is 6.25. The van der Waals surface area contributed by atoms with Crippen LogP contribution in [-0.2, 0) is 0 Å². The van der Waals surface area contributed by atoms with E-state index in [9.17, 15) is 0 Å². The third kappa shape index (κ3) is 5.64. The number of hydrogen-bond donors (Lipinski definition) is 1. The van der Waals surface area contributed by atoms with Crippen molar-refractivity contribution in [2.75, 3.05) is 20.1 Å². The number of benzene rings is 1. The Bertz CT molecular complexity index is 348. The topological polar surface area (TPSA) is 15.3 Å². The smallest absolute Gasteiger partial charge is 0.0475 e. The maximum absolute atomic E-state index is 3.71. The van der Waals surface area contributed by atoms with E-state index in [0.717, 1.165) is 19.0 Å². The third-order valence-electron chi connectivity index (χ3n) is 4.01. The van der Waals surface area contributed by atoms with Gasteiger partial charge in [0.2, 0.25) is 0 Å². The summed E-state index contributed by atoms with van der Waals surface area (Å²) in [5.41, 5.74) is 1.39. The summed E-state index contributed by atoms with van der Waals surface area (Å²) >= 11 is 0. The number of nitrogens with one attached hydrogen (secondary N) is 1. The number of rotatable bonds is 9. The Hall–Kier alpha value is -0.860. The molecule has 0 bridgehead atoms. The van der Waals surface area contributed by atoms with Crippen LogP contribution in [0, 0.1) is 5.92 Å². The molecule has 20 heavy (non-hydrogen) atoms. The normalized spacial score (nSPS) is 14.8. The highest BCUT2D eigenvalue weighted by atomic mass is 15.2. The van der Waals surface area contributed by atoms with Gasteiger partial charge in [0, 0.05) is 12.1 Å². The van der Waals surface area contributed by atoms with Crippen molar-refractivity contribution in [3.63, 3.8) is 0 Å². The van der Waals surface area contributed by atoms with Gasteiger partial charge >= 0.3 is 0 Å². The van der Waals surface area contributed by atoms with Gasteiger partial charge in [-0.1, -0.05) is 51.1 Å². The van der Waals surface area contributed by atoms with Crippen LogP contribution in [-0.4, -0.2) is 31.1 Å². The van der Waals surface area contributed by atoms with Gasteiger partial charge in [-0.3, -0.25) is 0 Å². The Morgan fingerprint density at radius 2 is 1.75 bits per heavy atom. The van der Waals surface area contributed by atoms with E-state index < -0.39 is 0 Å². The van der Waals surface area contributed by atoms with E-state index in [1.807, 2.05) is 0 Å². The lowest BCUT2D eigenvalue weighted by Gasteiger charge is -2.33. The van der Waals surface area contributed by atoms with E-state index in [1.54, 1.807) is 0 Å². The molecule has 114 valence electrons. The molecule has 2 unspecified atom stereocenters. The average molecular weight is 276 g/mol. The molecule has 0 fully saturated rings. The van der Waals surface area contributed by atoms with Crippen LogP contribution < -0.4 is 5.32 Å². The van der Waals surface area contributed by atoms with E-state index in [-0.39, 0.29) is 0 Å². The summed E-state index contributed by atoms with van der Waals surface area (Å²) in [6, 6.07) is 11.7. The standard InChI is InChI=1S/C18H32N2/c1-6-13-19-18(17-10-8-7-9-11-17)16(4)20(5)14-12-15(2)3/h7-11,15-16,18-19H,6,12-14H2,1-5H3. The number of hydrogen-bond acceptors (Lipinski definition) is 2.